The van der Waals surface area contributed by atoms with E-state index in [-0.39, 0.29) is 32.9 Å². The number of benzene rings is 3. The molecule has 8 heteroatoms. The third-order valence-electron chi connectivity index (χ3n) is 6.48. The maximum Gasteiger partial charge on any atom is 0.344 e. The molecule has 37 heavy (non-hydrogen) atoms. The number of hydrogen-bond acceptors (Lipinski definition) is 8. The second kappa shape index (κ2) is 8.23. The molecule has 0 atom stereocenters. The molecule has 6 rings (SSSR count). The lowest BCUT2D eigenvalue weighted by atomic mass is 9.85. The zero-order valence-electron chi connectivity index (χ0n) is 19.3. The van der Waals surface area contributed by atoms with Gasteiger partial charge in [0.1, 0.15) is 28.2 Å². The number of hydrogen-bond donors (Lipinski definition) is 2. The molecule has 0 saturated carbocycles. The zero-order valence-corrected chi connectivity index (χ0v) is 19.3. The van der Waals surface area contributed by atoms with E-state index in [0.29, 0.717) is 5.58 Å². The standard InChI is InChI=1S/C29H18O8/c1-14-10-11-19-17(12-14)25(30)18(13-35-19)22(23-26(31)15-6-2-4-8-20(15)36-28(23)33)24-27(32)16-7-3-5-9-21(16)37-29(24)34/h2-13,22,31-32H,1H3. The Bertz CT molecular complexity index is 1950. The second-order valence-electron chi connectivity index (χ2n) is 8.75. The molecule has 0 unspecified atom stereocenters. The summed E-state index contributed by atoms with van der Waals surface area (Å²) in [5.74, 6) is -2.55. The number of fused-ring (bicyclic) bond motifs is 3. The summed E-state index contributed by atoms with van der Waals surface area (Å²) in [5, 5.41) is 23.1. The average molecular weight is 494 g/mol. The Morgan fingerprint density at radius 1 is 0.676 bits per heavy atom. The van der Waals surface area contributed by atoms with Gasteiger partial charge in [0.2, 0.25) is 0 Å². The molecule has 0 amide bonds. The Kier molecular flexibility index (Phi) is 4.98. The van der Waals surface area contributed by atoms with Crippen molar-refractivity contribution < 1.29 is 23.5 Å². The molecule has 0 saturated heterocycles. The minimum absolute atomic E-state index is 0.114. The van der Waals surface area contributed by atoms with Crippen molar-refractivity contribution in [1.82, 2.24) is 0 Å². The Labute approximate surface area is 207 Å². The Hall–Kier alpha value is -5.11. The van der Waals surface area contributed by atoms with Crippen molar-refractivity contribution in [2.75, 3.05) is 0 Å². The zero-order chi connectivity index (χ0) is 25.8. The molecule has 3 aromatic heterocycles. The summed E-state index contributed by atoms with van der Waals surface area (Å²) < 4.78 is 16.6. The van der Waals surface area contributed by atoms with Gasteiger partial charge >= 0.3 is 11.3 Å². The van der Waals surface area contributed by atoms with E-state index >= 15 is 0 Å². The van der Waals surface area contributed by atoms with E-state index in [4.69, 9.17) is 13.3 Å². The number of aromatic hydroxyl groups is 2. The fourth-order valence-corrected chi connectivity index (χ4v) is 4.72. The maximum atomic E-state index is 13.8. The molecular weight excluding hydrogens is 476 g/mol. The van der Waals surface area contributed by atoms with Crippen LogP contribution in [0.1, 0.15) is 28.2 Å². The van der Waals surface area contributed by atoms with Crippen LogP contribution in [-0.4, -0.2) is 10.2 Å². The number of para-hydroxylation sites is 2. The van der Waals surface area contributed by atoms with Crippen LogP contribution in [0.2, 0.25) is 0 Å². The molecular formula is C29H18O8. The van der Waals surface area contributed by atoms with Crippen LogP contribution < -0.4 is 16.7 Å². The molecule has 0 radical (unpaired) electrons. The van der Waals surface area contributed by atoms with Crippen LogP contribution in [0.5, 0.6) is 11.5 Å². The van der Waals surface area contributed by atoms with Gasteiger partial charge in [-0.15, -0.1) is 0 Å². The highest BCUT2D eigenvalue weighted by molar-refractivity contribution is 5.87. The first kappa shape index (κ1) is 22.4. The van der Waals surface area contributed by atoms with E-state index < -0.39 is 45.2 Å². The largest absolute Gasteiger partial charge is 0.507 e. The van der Waals surface area contributed by atoms with Crippen LogP contribution in [0, 0.1) is 6.92 Å². The van der Waals surface area contributed by atoms with Gasteiger partial charge < -0.3 is 23.5 Å². The Morgan fingerprint density at radius 3 is 1.78 bits per heavy atom. The molecule has 0 aliphatic heterocycles. The van der Waals surface area contributed by atoms with Gasteiger partial charge in [0.25, 0.3) is 0 Å². The molecule has 0 aliphatic carbocycles. The lowest BCUT2D eigenvalue weighted by Crippen LogP contribution is -2.25. The molecule has 0 bridgehead atoms. The van der Waals surface area contributed by atoms with Crippen molar-refractivity contribution in [3.8, 4) is 11.5 Å². The molecule has 8 nitrogen and oxygen atoms in total. The molecule has 3 aromatic carbocycles. The summed E-state index contributed by atoms with van der Waals surface area (Å²) in [5.41, 5.74) is -2.19. The van der Waals surface area contributed by atoms with E-state index in [0.717, 1.165) is 11.8 Å². The van der Waals surface area contributed by atoms with Crippen LogP contribution in [-0.2, 0) is 0 Å². The van der Waals surface area contributed by atoms with Gasteiger partial charge in [0, 0.05) is 5.56 Å². The fourth-order valence-electron chi connectivity index (χ4n) is 4.72. The van der Waals surface area contributed by atoms with E-state index in [1.165, 1.54) is 24.3 Å². The van der Waals surface area contributed by atoms with E-state index in [1.807, 2.05) is 0 Å². The van der Waals surface area contributed by atoms with Crippen LogP contribution in [0.25, 0.3) is 32.9 Å². The van der Waals surface area contributed by atoms with Crippen molar-refractivity contribution in [2.24, 2.45) is 0 Å². The average Bonchev–Trinajstić information content (AvgIpc) is 2.88. The lowest BCUT2D eigenvalue weighted by molar-refractivity contribution is 0.440. The smallest absolute Gasteiger partial charge is 0.344 e. The summed E-state index contributed by atoms with van der Waals surface area (Å²) in [7, 11) is 0. The second-order valence-corrected chi connectivity index (χ2v) is 8.75. The molecule has 0 spiro atoms. The minimum Gasteiger partial charge on any atom is -0.507 e. The molecule has 0 aliphatic rings. The highest BCUT2D eigenvalue weighted by Gasteiger charge is 2.34. The van der Waals surface area contributed by atoms with Gasteiger partial charge in [-0.05, 0) is 43.3 Å². The van der Waals surface area contributed by atoms with Crippen LogP contribution >= 0.6 is 0 Å². The summed E-state index contributed by atoms with van der Waals surface area (Å²) >= 11 is 0. The quantitative estimate of drug-likeness (QED) is 0.332. The van der Waals surface area contributed by atoms with Gasteiger partial charge in [0.05, 0.1) is 39.5 Å². The molecule has 3 heterocycles. The van der Waals surface area contributed by atoms with Crippen molar-refractivity contribution in [2.45, 2.75) is 12.8 Å². The third-order valence-corrected chi connectivity index (χ3v) is 6.48. The van der Waals surface area contributed by atoms with Gasteiger partial charge in [-0.3, -0.25) is 4.79 Å². The van der Waals surface area contributed by atoms with E-state index in [9.17, 15) is 24.6 Å². The summed E-state index contributed by atoms with van der Waals surface area (Å²) in [4.78, 5) is 40.3. The lowest BCUT2D eigenvalue weighted by Gasteiger charge is -2.19. The van der Waals surface area contributed by atoms with Gasteiger partial charge in [0.15, 0.2) is 5.43 Å². The van der Waals surface area contributed by atoms with Gasteiger partial charge in [-0.1, -0.05) is 35.9 Å². The number of aryl methyl sites for hydroxylation is 1. The first-order valence-corrected chi connectivity index (χ1v) is 11.4. The summed E-state index contributed by atoms with van der Waals surface area (Å²) in [6.07, 6.45) is 1.12. The number of rotatable bonds is 3. The van der Waals surface area contributed by atoms with Crippen LogP contribution in [0.15, 0.2) is 101 Å². The fraction of sp³-hybridized carbons (Fsp3) is 0.0690. The molecule has 2 N–H and O–H groups in total. The van der Waals surface area contributed by atoms with Crippen molar-refractivity contribution >= 4 is 32.9 Å². The highest BCUT2D eigenvalue weighted by Crippen LogP contribution is 2.41. The van der Waals surface area contributed by atoms with E-state index in [1.54, 1.807) is 49.4 Å². The first-order chi connectivity index (χ1) is 17.8. The summed E-state index contributed by atoms with van der Waals surface area (Å²) in [6.45, 7) is 1.80. The Balaban J connectivity index is 1.78. The van der Waals surface area contributed by atoms with Crippen LogP contribution in [0.3, 0.4) is 0 Å². The van der Waals surface area contributed by atoms with Gasteiger partial charge in [-0.25, -0.2) is 9.59 Å². The van der Waals surface area contributed by atoms with Crippen molar-refractivity contribution in [3.63, 3.8) is 0 Å². The molecule has 6 aromatic rings. The molecule has 0 fully saturated rings. The SMILES string of the molecule is Cc1ccc2occ(C(c3c(O)c4ccccc4oc3=O)c3c(O)c4ccccc4oc3=O)c(=O)c2c1. The molecule has 182 valence electrons. The minimum atomic E-state index is -1.57. The summed E-state index contributed by atoms with van der Waals surface area (Å²) in [6, 6.07) is 17.6. The maximum absolute atomic E-state index is 13.8. The first-order valence-electron chi connectivity index (χ1n) is 11.4. The third kappa shape index (κ3) is 3.41. The predicted octanol–water partition coefficient (Wildman–Crippen LogP) is 4.91. The van der Waals surface area contributed by atoms with Crippen molar-refractivity contribution in [3.05, 3.63) is 126 Å². The van der Waals surface area contributed by atoms with E-state index in [2.05, 4.69) is 0 Å². The van der Waals surface area contributed by atoms with Gasteiger partial charge in [-0.2, -0.15) is 0 Å². The highest BCUT2D eigenvalue weighted by atomic mass is 16.4. The topological polar surface area (TPSA) is 131 Å². The van der Waals surface area contributed by atoms with Crippen molar-refractivity contribution in [1.29, 1.82) is 0 Å². The predicted molar refractivity (Wildman–Crippen MR) is 136 cm³/mol. The normalized spacial score (nSPS) is 11.6. The van der Waals surface area contributed by atoms with Crippen LogP contribution in [0.4, 0.5) is 0 Å². The Morgan fingerprint density at radius 2 is 1.22 bits per heavy atom. The monoisotopic (exact) mass is 494 g/mol.